The highest BCUT2D eigenvalue weighted by Crippen LogP contribution is 2.16. The van der Waals surface area contributed by atoms with Gasteiger partial charge in [0, 0.05) is 11.4 Å². The van der Waals surface area contributed by atoms with E-state index in [4.69, 9.17) is 5.73 Å². The molecule has 0 spiro atoms. The Hall–Kier alpha value is -1.38. The summed E-state index contributed by atoms with van der Waals surface area (Å²) < 4.78 is 1.93. The largest absolute Gasteiger partial charge is 0.350 e. The molecule has 20 heavy (non-hydrogen) atoms. The second-order valence-corrected chi connectivity index (χ2v) is 5.97. The summed E-state index contributed by atoms with van der Waals surface area (Å²) in [7, 11) is 0. The molecule has 2 aromatic heterocycles. The summed E-state index contributed by atoms with van der Waals surface area (Å²) >= 11 is 3.01. The van der Waals surface area contributed by atoms with Gasteiger partial charge in [-0.1, -0.05) is 17.8 Å². The molecule has 0 aliphatic rings. The average molecular weight is 311 g/mol. The van der Waals surface area contributed by atoms with Crippen LogP contribution in [0.15, 0.2) is 22.7 Å². The minimum absolute atomic E-state index is 0.0108. The van der Waals surface area contributed by atoms with Gasteiger partial charge in [-0.05, 0) is 18.4 Å². The Morgan fingerprint density at radius 2 is 2.40 bits per heavy atom. The van der Waals surface area contributed by atoms with Crippen LogP contribution >= 0.6 is 23.1 Å². The van der Waals surface area contributed by atoms with Gasteiger partial charge in [-0.15, -0.1) is 21.5 Å². The molecule has 2 aromatic rings. The molecule has 0 aromatic carbocycles. The number of hydrogen-bond donors (Lipinski definition) is 2. The SMILES string of the molecule is CCn1c(CN)nnc1SCC(=O)NCc1cccs1. The van der Waals surface area contributed by atoms with Crippen molar-refractivity contribution in [2.24, 2.45) is 5.73 Å². The van der Waals surface area contributed by atoms with Crippen molar-refractivity contribution in [3.05, 3.63) is 28.2 Å². The molecule has 2 heterocycles. The van der Waals surface area contributed by atoms with Crippen LogP contribution < -0.4 is 11.1 Å². The van der Waals surface area contributed by atoms with E-state index in [0.29, 0.717) is 18.8 Å². The zero-order valence-corrected chi connectivity index (χ0v) is 12.8. The monoisotopic (exact) mass is 311 g/mol. The van der Waals surface area contributed by atoms with E-state index in [0.717, 1.165) is 22.4 Å². The van der Waals surface area contributed by atoms with Gasteiger partial charge in [0.15, 0.2) is 5.16 Å². The van der Waals surface area contributed by atoms with Gasteiger partial charge in [-0.2, -0.15) is 0 Å². The van der Waals surface area contributed by atoms with Crippen molar-refractivity contribution in [2.45, 2.75) is 31.7 Å². The fourth-order valence-electron chi connectivity index (χ4n) is 1.67. The Morgan fingerprint density at radius 1 is 1.55 bits per heavy atom. The number of thioether (sulfide) groups is 1. The maximum absolute atomic E-state index is 11.8. The number of rotatable bonds is 7. The van der Waals surface area contributed by atoms with E-state index in [2.05, 4.69) is 15.5 Å². The van der Waals surface area contributed by atoms with Crippen molar-refractivity contribution in [2.75, 3.05) is 5.75 Å². The third kappa shape index (κ3) is 3.81. The first kappa shape index (κ1) is 15.0. The highest BCUT2D eigenvalue weighted by molar-refractivity contribution is 7.99. The smallest absolute Gasteiger partial charge is 0.230 e. The number of nitrogens with zero attached hydrogens (tertiary/aromatic N) is 3. The maximum atomic E-state index is 11.8. The van der Waals surface area contributed by atoms with Crippen LogP contribution in [0.2, 0.25) is 0 Å². The van der Waals surface area contributed by atoms with Crippen LogP contribution in [-0.2, 0) is 24.4 Å². The Balaban J connectivity index is 1.82. The zero-order valence-electron chi connectivity index (χ0n) is 11.2. The van der Waals surface area contributed by atoms with Gasteiger partial charge in [0.2, 0.25) is 5.91 Å². The molecule has 0 unspecified atom stereocenters. The van der Waals surface area contributed by atoms with Crippen LogP contribution in [0.5, 0.6) is 0 Å². The first-order valence-electron chi connectivity index (χ1n) is 6.28. The van der Waals surface area contributed by atoms with Crippen molar-refractivity contribution in [3.8, 4) is 0 Å². The fourth-order valence-corrected chi connectivity index (χ4v) is 3.17. The van der Waals surface area contributed by atoms with Crippen LogP contribution in [0.3, 0.4) is 0 Å². The molecule has 3 N–H and O–H groups in total. The Labute approximate surface area is 125 Å². The Kier molecular flexibility index (Phi) is 5.57. The molecule has 2 rings (SSSR count). The van der Waals surface area contributed by atoms with Gasteiger partial charge in [0.25, 0.3) is 0 Å². The van der Waals surface area contributed by atoms with Gasteiger partial charge < -0.3 is 15.6 Å². The first-order valence-corrected chi connectivity index (χ1v) is 8.15. The molecule has 0 fully saturated rings. The second kappa shape index (κ2) is 7.41. The van der Waals surface area contributed by atoms with Crippen molar-refractivity contribution in [1.82, 2.24) is 20.1 Å². The summed E-state index contributed by atoms with van der Waals surface area (Å²) in [5.41, 5.74) is 5.59. The number of aromatic nitrogens is 3. The number of hydrogen-bond acceptors (Lipinski definition) is 6. The molecular formula is C12H17N5OS2. The van der Waals surface area contributed by atoms with Crippen LogP contribution in [-0.4, -0.2) is 26.4 Å². The second-order valence-electron chi connectivity index (χ2n) is 3.99. The van der Waals surface area contributed by atoms with Gasteiger partial charge in [-0.3, -0.25) is 4.79 Å². The van der Waals surface area contributed by atoms with E-state index in [9.17, 15) is 4.79 Å². The summed E-state index contributed by atoms with van der Waals surface area (Å²) in [6.07, 6.45) is 0. The number of amides is 1. The minimum atomic E-state index is -0.0108. The molecule has 1 amide bonds. The molecule has 6 nitrogen and oxygen atoms in total. The quantitative estimate of drug-likeness (QED) is 0.751. The van der Waals surface area contributed by atoms with Gasteiger partial charge in [0.05, 0.1) is 18.8 Å². The lowest BCUT2D eigenvalue weighted by Gasteiger charge is -2.06. The lowest BCUT2D eigenvalue weighted by Crippen LogP contribution is -2.24. The van der Waals surface area contributed by atoms with Crippen LogP contribution in [0.4, 0.5) is 0 Å². The van der Waals surface area contributed by atoms with Crippen molar-refractivity contribution >= 4 is 29.0 Å². The maximum Gasteiger partial charge on any atom is 0.230 e. The van der Waals surface area contributed by atoms with E-state index < -0.39 is 0 Å². The third-order valence-corrected chi connectivity index (χ3v) is 4.51. The highest BCUT2D eigenvalue weighted by Gasteiger charge is 2.11. The van der Waals surface area contributed by atoms with Gasteiger partial charge in [-0.25, -0.2) is 0 Å². The molecule has 0 aliphatic carbocycles. The molecule has 0 radical (unpaired) electrons. The van der Waals surface area contributed by atoms with Gasteiger partial charge in [0.1, 0.15) is 5.82 Å². The number of carbonyl (C=O) groups excluding carboxylic acids is 1. The number of nitrogens with one attached hydrogen (secondary N) is 1. The van der Waals surface area contributed by atoms with E-state index in [-0.39, 0.29) is 5.91 Å². The highest BCUT2D eigenvalue weighted by atomic mass is 32.2. The number of carbonyl (C=O) groups is 1. The van der Waals surface area contributed by atoms with Crippen LogP contribution in [0.25, 0.3) is 0 Å². The fraction of sp³-hybridized carbons (Fsp3) is 0.417. The summed E-state index contributed by atoms with van der Waals surface area (Å²) in [6, 6.07) is 3.97. The molecule has 0 aliphatic heterocycles. The molecular weight excluding hydrogens is 294 g/mol. The molecule has 0 saturated heterocycles. The van der Waals surface area contributed by atoms with Crippen LogP contribution in [0, 0.1) is 0 Å². The topological polar surface area (TPSA) is 85.8 Å². The summed E-state index contributed by atoms with van der Waals surface area (Å²) in [6.45, 7) is 3.68. The van der Waals surface area contributed by atoms with E-state index in [1.807, 2.05) is 29.0 Å². The average Bonchev–Trinajstić information content (AvgIpc) is 3.11. The van der Waals surface area contributed by atoms with Crippen molar-refractivity contribution in [3.63, 3.8) is 0 Å². The normalized spacial score (nSPS) is 10.7. The minimum Gasteiger partial charge on any atom is -0.350 e. The zero-order chi connectivity index (χ0) is 14.4. The van der Waals surface area contributed by atoms with E-state index >= 15 is 0 Å². The Bertz CT molecular complexity index is 552. The third-order valence-electron chi connectivity index (χ3n) is 2.66. The molecule has 8 heteroatoms. The van der Waals surface area contributed by atoms with Crippen LogP contribution in [0.1, 0.15) is 17.6 Å². The predicted octanol–water partition coefficient (Wildman–Crippen LogP) is 1.23. The number of thiophene rings is 1. The Morgan fingerprint density at radius 3 is 3.05 bits per heavy atom. The van der Waals surface area contributed by atoms with Crippen molar-refractivity contribution in [1.29, 1.82) is 0 Å². The predicted molar refractivity (Wildman–Crippen MR) is 80.5 cm³/mol. The lowest BCUT2D eigenvalue weighted by molar-refractivity contribution is -0.118. The molecule has 0 atom stereocenters. The first-order chi connectivity index (χ1) is 9.74. The van der Waals surface area contributed by atoms with Crippen molar-refractivity contribution < 1.29 is 4.79 Å². The standard InChI is InChI=1S/C12H17N5OS2/c1-2-17-10(6-13)15-16-12(17)20-8-11(18)14-7-9-4-3-5-19-9/h3-5H,2,6-8,13H2,1H3,(H,14,18). The lowest BCUT2D eigenvalue weighted by atomic mass is 10.4. The van der Waals surface area contributed by atoms with E-state index in [1.54, 1.807) is 11.3 Å². The van der Waals surface area contributed by atoms with E-state index in [1.165, 1.54) is 11.8 Å². The molecule has 0 bridgehead atoms. The summed E-state index contributed by atoms with van der Waals surface area (Å²) in [4.78, 5) is 12.9. The van der Waals surface area contributed by atoms with Gasteiger partial charge >= 0.3 is 0 Å². The summed E-state index contributed by atoms with van der Waals surface area (Å²) in [5.74, 6) is 1.06. The number of nitrogens with two attached hydrogens (primary N) is 1. The molecule has 108 valence electrons. The molecule has 0 saturated carbocycles. The summed E-state index contributed by atoms with van der Waals surface area (Å²) in [5, 5.41) is 13.7.